The molecule has 9 aromatic carbocycles. The van der Waals surface area contributed by atoms with Crippen molar-refractivity contribution in [2.75, 3.05) is 9.80 Å². The summed E-state index contributed by atoms with van der Waals surface area (Å²) < 4.78 is 20.3. The fourth-order valence-electron chi connectivity index (χ4n) is 9.64. The van der Waals surface area contributed by atoms with E-state index in [1.54, 1.807) is 0 Å². The van der Waals surface area contributed by atoms with Crippen molar-refractivity contribution < 1.29 is 13.3 Å². The molecular formula is C54H34N2O3. The highest BCUT2D eigenvalue weighted by Gasteiger charge is 2.31. The molecular weight excluding hydrogens is 725 g/mol. The van der Waals surface area contributed by atoms with Gasteiger partial charge in [-0.15, -0.1) is 0 Å². The molecule has 0 amide bonds. The molecule has 0 aliphatic carbocycles. The number of benzene rings is 9. The first-order valence-corrected chi connectivity index (χ1v) is 20.1. The number of rotatable bonds is 4. The predicted molar refractivity (Wildman–Crippen MR) is 244 cm³/mol. The summed E-state index contributed by atoms with van der Waals surface area (Å²) in [6.45, 7) is 4.28. The van der Waals surface area contributed by atoms with Crippen molar-refractivity contribution in [3.05, 3.63) is 181 Å². The number of para-hydroxylation sites is 4. The van der Waals surface area contributed by atoms with Gasteiger partial charge >= 0.3 is 0 Å². The molecule has 1 aliphatic rings. The molecule has 13 rings (SSSR count). The summed E-state index contributed by atoms with van der Waals surface area (Å²) in [5.41, 5.74) is 16.0. The molecule has 5 heteroatoms. The van der Waals surface area contributed by atoms with Gasteiger partial charge in [-0.05, 0) is 85.5 Å². The Morgan fingerprint density at radius 3 is 1.85 bits per heavy atom. The van der Waals surface area contributed by atoms with E-state index in [0.29, 0.717) is 0 Å². The minimum atomic E-state index is 0.814. The van der Waals surface area contributed by atoms with E-state index in [0.717, 1.165) is 105 Å². The van der Waals surface area contributed by atoms with Gasteiger partial charge in [0.1, 0.15) is 22.3 Å². The zero-order chi connectivity index (χ0) is 38.9. The van der Waals surface area contributed by atoms with E-state index in [-0.39, 0.29) is 0 Å². The third-order valence-electron chi connectivity index (χ3n) is 12.3. The van der Waals surface area contributed by atoms with Crippen LogP contribution < -0.4 is 9.80 Å². The van der Waals surface area contributed by atoms with Gasteiger partial charge in [0, 0.05) is 61.1 Å². The minimum Gasteiger partial charge on any atom is -0.456 e. The molecule has 0 N–H and O–H groups in total. The predicted octanol–water partition coefficient (Wildman–Crippen LogP) is 16.1. The summed E-state index contributed by atoms with van der Waals surface area (Å²) in [4.78, 5) is 4.65. The van der Waals surface area contributed by atoms with Crippen molar-refractivity contribution in [3.63, 3.8) is 0 Å². The molecule has 0 spiro atoms. The molecule has 3 aromatic heterocycles. The molecule has 4 heterocycles. The minimum absolute atomic E-state index is 0.814. The van der Waals surface area contributed by atoms with E-state index in [9.17, 15) is 0 Å². The molecule has 5 nitrogen and oxygen atoms in total. The quantitative estimate of drug-likeness (QED) is 0.179. The largest absolute Gasteiger partial charge is 0.456 e. The van der Waals surface area contributed by atoms with Crippen LogP contribution in [0.1, 0.15) is 11.1 Å². The summed E-state index contributed by atoms with van der Waals surface area (Å²) in [6, 6.07) is 60.3. The van der Waals surface area contributed by atoms with Gasteiger partial charge in [-0.2, -0.15) is 0 Å². The smallest absolute Gasteiger partial charge is 0.159 e. The summed E-state index contributed by atoms with van der Waals surface area (Å²) >= 11 is 0. The van der Waals surface area contributed by atoms with Crippen LogP contribution in [0.15, 0.2) is 183 Å². The van der Waals surface area contributed by atoms with Gasteiger partial charge in [0.25, 0.3) is 0 Å². The second-order valence-corrected chi connectivity index (χ2v) is 15.8. The van der Waals surface area contributed by atoms with Crippen LogP contribution in [0.2, 0.25) is 0 Å². The van der Waals surface area contributed by atoms with E-state index >= 15 is 0 Å². The topological polar surface area (TPSA) is 45.9 Å². The van der Waals surface area contributed by atoms with E-state index in [1.807, 2.05) is 24.3 Å². The SMILES string of the molecule is Cc1ccc(N(c2ccc3c(c2)oc2cc4c5c(cccc5c23)-c2cc(C)ccc2N4c2cccc3c2oc2ccccc23)c2cccc3c2oc2ccccc23)cc1. The second kappa shape index (κ2) is 11.9. The first-order chi connectivity index (χ1) is 29.1. The molecule has 0 fully saturated rings. The maximum atomic E-state index is 7.01. The van der Waals surface area contributed by atoms with Crippen LogP contribution in [0.25, 0.3) is 87.7 Å². The Kier molecular flexibility index (Phi) is 6.51. The van der Waals surface area contributed by atoms with E-state index < -0.39 is 0 Å². The lowest BCUT2D eigenvalue weighted by atomic mass is 9.88. The van der Waals surface area contributed by atoms with Crippen molar-refractivity contribution in [2.24, 2.45) is 0 Å². The van der Waals surface area contributed by atoms with Gasteiger partial charge in [-0.3, -0.25) is 0 Å². The van der Waals surface area contributed by atoms with Crippen LogP contribution in [0.5, 0.6) is 0 Å². The Hall–Kier alpha value is -7.76. The van der Waals surface area contributed by atoms with Crippen LogP contribution in [-0.4, -0.2) is 0 Å². The van der Waals surface area contributed by atoms with Crippen molar-refractivity contribution in [2.45, 2.75) is 13.8 Å². The van der Waals surface area contributed by atoms with Crippen molar-refractivity contribution in [3.8, 4) is 11.1 Å². The second-order valence-electron chi connectivity index (χ2n) is 15.8. The number of nitrogens with zero attached hydrogens (tertiary/aromatic N) is 2. The molecule has 1 aliphatic heterocycles. The number of fused-ring (bicyclic) bond motifs is 12. The van der Waals surface area contributed by atoms with Crippen LogP contribution in [-0.2, 0) is 0 Å². The highest BCUT2D eigenvalue weighted by atomic mass is 16.3. The van der Waals surface area contributed by atoms with Crippen LogP contribution in [0, 0.1) is 13.8 Å². The summed E-state index contributed by atoms with van der Waals surface area (Å²) in [7, 11) is 0. The third kappa shape index (κ3) is 4.55. The molecule has 0 radical (unpaired) electrons. The number of aryl methyl sites for hydroxylation is 2. The maximum Gasteiger partial charge on any atom is 0.159 e. The van der Waals surface area contributed by atoms with E-state index in [2.05, 4.69) is 169 Å². The van der Waals surface area contributed by atoms with Gasteiger partial charge in [0.15, 0.2) is 11.2 Å². The summed E-state index contributed by atoms with van der Waals surface area (Å²) in [5, 5.41) is 8.90. The van der Waals surface area contributed by atoms with Gasteiger partial charge in [0.05, 0.1) is 28.4 Å². The lowest BCUT2D eigenvalue weighted by molar-refractivity contribution is 0.667. The number of furan rings is 3. The molecule has 59 heavy (non-hydrogen) atoms. The Bertz CT molecular complexity index is 3720. The normalized spacial score (nSPS) is 12.5. The fraction of sp³-hybridized carbons (Fsp3) is 0.0370. The number of hydrogen-bond acceptors (Lipinski definition) is 5. The molecule has 0 atom stereocenters. The lowest BCUT2D eigenvalue weighted by Crippen LogP contribution is -2.15. The first kappa shape index (κ1) is 32.3. The zero-order valence-corrected chi connectivity index (χ0v) is 32.3. The van der Waals surface area contributed by atoms with Crippen molar-refractivity contribution >= 4 is 111 Å². The van der Waals surface area contributed by atoms with Gasteiger partial charge < -0.3 is 23.1 Å². The summed E-state index contributed by atoms with van der Waals surface area (Å²) in [6.07, 6.45) is 0. The highest BCUT2D eigenvalue weighted by Crippen LogP contribution is 2.55. The van der Waals surface area contributed by atoms with Crippen LogP contribution in [0.3, 0.4) is 0 Å². The van der Waals surface area contributed by atoms with Crippen LogP contribution in [0.4, 0.5) is 34.1 Å². The van der Waals surface area contributed by atoms with E-state index in [4.69, 9.17) is 13.3 Å². The van der Waals surface area contributed by atoms with Crippen molar-refractivity contribution in [1.29, 1.82) is 0 Å². The van der Waals surface area contributed by atoms with Gasteiger partial charge in [-0.1, -0.05) is 108 Å². The highest BCUT2D eigenvalue weighted by molar-refractivity contribution is 6.28. The average Bonchev–Trinajstić information content (AvgIpc) is 3.96. The molecule has 0 unspecified atom stereocenters. The monoisotopic (exact) mass is 758 g/mol. The number of hydrogen-bond donors (Lipinski definition) is 0. The first-order valence-electron chi connectivity index (χ1n) is 20.1. The molecule has 278 valence electrons. The number of anilines is 6. The molecule has 0 bridgehead atoms. The Labute approximate surface area is 338 Å². The summed E-state index contributed by atoms with van der Waals surface area (Å²) in [5.74, 6) is 0. The van der Waals surface area contributed by atoms with Crippen molar-refractivity contribution in [1.82, 2.24) is 0 Å². The fourth-order valence-corrected chi connectivity index (χ4v) is 9.64. The third-order valence-corrected chi connectivity index (χ3v) is 12.3. The Morgan fingerprint density at radius 2 is 1.03 bits per heavy atom. The van der Waals surface area contributed by atoms with Gasteiger partial charge in [0.2, 0.25) is 0 Å². The standard InChI is InChI=1S/C54H34N2O3/c1-31-20-23-33(24-21-31)55(44-16-8-13-38-35-10-3-5-18-47(35)58-53(38)44)34-25-26-40-49(29-34)57-50-30-46-51-37(12-7-15-41(51)52(40)50)42-28-32(2)22-27-43(42)56(46)45-17-9-14-39-36-11-4-6-19-48(36)59-54(39)45/h3-30H,1-2H3. The molecule has 0 saturated heterocycles. The van der Waals surface area contributed by atoms with E-state index in [1.165, 1.54) is 27.6 Å². The molecule has 0 saturated carbocycles. The van der Waals surface area contributed by atoms with Crippen LogP contribution >= 0.6 is 0 Å². The lowest BCUT2D eigenvalue weighted by Gasteiger charge is -2.33. The maximum absolute atomic E-state index is 7.01. The average molecular weight is 759 g/mol. The zero-order valence-electron chi connectivity index (χ0n) is 32.3. The van der Waals surface area contributed by atoms with Gasteiger partial charge in [-0.25, -0.2) is 0 Å². The molecule has 12 aromatic rings. The Morgan fingerprint density at radius 1 is 0.373 bits per heavy atom. The Balaban J connectivity index is 1.06.